The summed E-state index contributed by atoms with van der Waals surface area (Å²) < 4.78 is 5.38. The molecule has 5 heteroatoms. The molecule has 1 amide bonds. The number of aliphatic carboxylic acids is 1. The lowest BCUT2D eigenvalue weighted by atomic mass is 10.0. The third-order valence-corrected chi connectivity index (χ3v) is 3.54. The normalized spacial score (nSPS) is 17.6. The maximum atomic E-state index is 12.4. The molecular weight excluding hydrogens is 270 g/mol. The van der Waals surface area contributed by atoms with Crippen molar-refractivity contribution in [1.29, 1.82) is 0 Å². The topological polar surface area (TPSA) is 66.8 Å². The van der Waals surface area contributed by atoms with Crippen molar-refractivity contribution in [3.63, 3.8) is 0 Å². The average Bonchev–Trinajstić information content (AvgIpc) is 2.73. The molecule has 1 aliphatic rings. The molecule has 5 nitrogen and oxygen atoms in total. The van der Waals surface area contributed by atoms with Crippen molar-refractivity contribution in [3.05, 3.63) is 28.8 Å². The average molecular weight is 291 g/mol. The van der Waals surface area contributed by atoms with Gasteiger partial charge in [0.15, 0.2) is 0 Å². The van der Waals surface area contributed by atoms with Crippen molar-refractivity contribution < 1.29 is 19.4 Å². The van der Waals surface area contributed by atoms with Crippen molar-refractivity contribution >= 4 is 17.7 Å². The summed E-state index contributed by atoms with van der Waals surface area (Å²) in [6, 6.07) is 2.94. The number of carbonyl (C=O) groups is 2. The monoisotopic (exact) mass is 291 g/mol. The fourth-order valence-corrected chi connectivity index (χ4v) is 2.62. The molecule has 0 bridgehead atoms. The van der Waals surface area contributed by atoms with Crippen molar-refractivity contribution in [3.8, 4) is 0 Å². The lowest BCUT2D eigenvalue weighted by Crippen LogP contribution is -2.45. The van der Waals surface area contributed by atoms with Crippen LogP contribution in [-0.4, -0.2) is 28.8 Å². The first-order valence-corrected chi connectivity index (χ1v) is 6.96. The van der Waals surface area contributed by atoms with E-state index >= 15 is 0 Å². The molecule has 2 rings (SSSR count). The highest BCUT2D eigenvalue weighted by molar-refractivity contribution is 5.99. The van der Waals surface area contributed by atoms with E-state index in [9.17, 15) is 14.7 Å². The van der Waals surface area contributed by atoms with Crippen LogP contribution in [0.2, 0.25) is 0 Å². The maximum absolute atomic E-state index is 12.4. The molecule has 1 aliphatic heterocycles. The zero-order chi connectivity index (χ0) is 15.9. The van der Waals surface area contributed by atoms with Crippen LogP contribution in [0.25, 0.3) is 0 Å². The summed E-state index contributed by atoms with van der Waals surface area (Å²) in [6.45, 7) is 9.10. The Balaban J connectivity index is 2.50. The molecule has 1 heterocycles. The third kappa shape index (κ3) is 2.86. The summed E-state index contributed by atoms with van der Waals surface area (Å²) in [5, 5.41) is 9.44. The number of ether oxygens (including phenoxy) is 1. The second-order valence-corrected chi connectivity index (χ2v) is 6.44. The largest absolute Gasteiger partial charge is 0.480 e. The Bertz CT molecular complexity index is 601. The first-order valence-electron chi connectivity index (χ1n) is 6.96. The smallest absolute Gasteiger partial charge is 0.415 e. The molecular formula is C16H21NO4. The molecule has 1 N–H and O–H groups in total. The van der Waals surface area contributed by atoms with Gasteiger partial charge in [-0.25, -0.2) is 9.59 Å². The SMILES string of the molecule is Cc1ccc(C)c2c1C[C@H](C(=O)O)N2C(=O)OC(C)(C)C. The third-order valence-electron chi connectivity index (χ3n) is 3.54. The minimum atomic E-state index is -1.02. The van der Waals surface area contributed by atoms with Gasteiger partial charge in [0.05, 0.1) is 5.69 Å². The molecule has 0 spiro atoms. The summed E-state index contributed by atoms with van der Waals surface area (Å²) in [5.41, 5.74) is 2.80. The molecule has 21 heavy (non-hydrogen) atoms. The van der Waals surface area contributed by atoms with Crippen LogP contribution in [0, 0.1) is 13.8 Å². The van der Waals surface area contributed by atoms with Crippen molar-refractivity contribution in [2.75, 3.05) is 4.90 Å². The Morgan fingerprint density at radius 2 is 1.81 bits per heavy atom. The van der Waals surface area contributed by atoms with Crippen LogP contribution in [-0.2, 0) is 16.0 Å². The Kier molecular flexibility index (Phi) is 3.70. The van der Waals surface area contributed by atoms with Crippen molar-refractivity contribution in [2.45, 2.75) is 52.7 Å². The number of rotatable bonds is 1. The molecule has 0 unspecified atom stereocenters. The first-order chi connectivity index (χ1) is 9.61. The number of carbonyl (C=O) groups excluding carboxylic acids is 1. The summed E-state index contributed by atoms with van der Waals surface area (Å²) in [5.74, 6) is -1.02. The fourth-order valence-electron chi connectivity index (χ4n) is 2.62. The van der Waals surface area contributed by atoms with Gasteiger partial charge < -0.3 is 9.84 Å². The molecule has 0 saturated heterocycles. The van der Waals surface area contributed by atoms with E-state index in [1.165, 1.54) is 4.90 Å². The Labute approximate surface area is 124 Å². The second-order valence-electron chi connectivity index (χ2n) is 6.44. The number of fused-ring (bicyclic) bond motifs is 1. The van der Waals surface area contributed by atoms with E-state index in [4.69, 9.17) is 4.74 Å². The summed E-state index contributed by atoms with van der Waals surface area (Å²) >= 11 is 0. The van der Waals surface area contributed by atoms with Gasteiger partial charge in [-0.1, -0.05) is 12.1 Å². The quantitative estimate of drug-likeness (QED) is 0.863. The van der Waals surface area contributed by atoms with Crippen LogP contribution < -0.4 is 4.90 Å². The molecule has 0 fully saturated rings. The number of anilines is 1. The van der Waals surface area contributed by atoms with E-state index < -0.39 is 23.7 Å². The number of carboxylic acid groups (broad SMARTS) is 1. The Morgan fingerprint density at radius 1 is 1.24 bits per heavy atom. The Hall–Kier alpha value is -2.04. The highest BCUT2D eigenvalue weighted by Gasteiger charge is 2.42. The van der Waals surface area contributed by atoms with E-state index in [0.717, 1.165) is 16.7 Å². The van der Waals surface area contributed by atoms with Crippen molar-refractivity contribution in [2.24, 2.45) is 0 Å². The van der Waals surface area contributed by atoms with Crippen molar-refractivity contribution in [1.82, 2.24) is 0 Å². The zero-order valence-electron chi connectivity index (χ0n) is 13.1. The molecule has 1 atom stereocenters. The zero-order valence-corrected chi connectivity index (χ0v) is 13.1. The molecule has 0 aliphatic carbocycles. The molecule has 1 aromatic rings. The number of amides is 1. The second kappa shape index (κ2) is 5.06. The van der Waals surface area contributed by atoms with Crippen LogP contribution in [0.15, 0.2) is 12.1 Å². The maximum Gasteiger partial charge on any atom is 0.415 e. The number of hydrogen-bond donors (Lipinski definition) is 1. The van der Waals surface area contributed by atoms with E-state index in [1.807, 2.05) is 26.0 Å². The molecule has 114 valence electrons. The van der Waals surface area contributed by atoms with Gasteiger partial charge in [-0.05, 0) is 51.3 Å². The van der Waals surface area contributed by atoms with Gasteiger partial charge in [0.1, 0.15) is 11.6 Å². The van der Waals surface area contributed by atoms with E-state index in [1.54, 1.807) is 20.8 Å². The predicted octanol–water partition coefficient (Wildman–Crippen LogP) is 3.05. The van der Waals surface area contributed by atoms with Gasteiger partial charge >= 0.3 is 12.1 Å². The number of aryl methyl sites for hydroxylation is 2. The van der Waals surface area contributed by atoms with Crippen LogP contribution in [0.3, 0.4) is 0 Å². The van der Waals surface area contributed by atoms with Gasteiger partial charge in [0.25, 0.3) is 0 Å². The van der Waals surface area contributed by atoms with Gasteiger partial charge in [0.2, 0.25) is 0 Å². The highest BCUT2D eigenvalue weighted by atomic mass is 16.6. The highest BCUT2D eigenvalue weighted by Crippen LogP contribution is 2.38. The molecule has 0 saturated carbocycles. The number of carboxylic acids is 1. The standard InChI is InChI=1S/C16H21NO4/c1-9-6-7-10(2)13-11(9)8-12(14(18)19)17(13)15(20)21-16(3,4)5/h6-7,12H,8H2,1-5H3,(H,18,19)/t12-/m1/s1. The van der Waals surface area contributed by atoms with Gasteiger partial charge in [0, 0.05) is 6.42 Å². The minimum Gasteiger partial charge on any atom is -0.480 e. The fraction of sp³-hybridized carbons (Fsp3) is 0.500. The van der Waals surface area contributed by atoms with Crippen LogP contribution >= 0.6 is 0 Å². The van der Waals surface area contributed by atoms with Crippen LogP contribution in [0.5, 0.6) is 0 Å². The van der Waals surface area contributed by atoms with Gasteiger partial charge in [-0.15, -0.1) is 0 Å². The summed E-state index contributed by atoms with van der Waals surface area (Å²) in [7, 11) is 0. The molecule has 0 aromatic heterocycles. The summed E-state index contributed by atoms with van der Waals surface area (Å²) in [6.07, 6.45) is -0.292. The Morgan fingerprint density at radius 3 is 2.33 bits per heavy atom. The lowest BCUT2D eigenvalue weighted by Gasteiger charge is -2.28. The van der Waals surface area contributed by atoms with Crippen LogP contribution in [0.1, 0.15) is 37.5 Å². The number of hydrogen-bond acceptors (Lipinski definition) is 3. The minimum absolute atomic E-state index is 0.317. The number of benzene rings is 1. The molecule has 1 aromatic carbocycles. The lowest BCUT2D eigenvalue weighted by molar-refractivity contribution is -0.138. The predicted molar refractivity (Wildman–Crippen MR) is 79.8 cm³/mol. The van der Waals surface area contributed by atoms with E-state index in [2.05, 4.69) is 0 Å². The number of nitrogens with zero attached hydrogens (tertiary/aromatic N) is 1. The summed E-state index contributed by atoms with van der Waals surface area (Å²) in [4.78, 5) is 25.2. The van der Waals surface area contributed by atoms with Gasteiger partial charge in [-0.3, -0.25) is 4.90 Å². The van der Waals surface area contributed by atoms with Gasteiger partial charge in [-0.2, -0.15) is 0 Å². The van der Waals surface area contributed by atoms with E-state index in [-0.39, 0.29) is 0 Å². The molecule has 0 radical (unpaired) electrons. The van der Waals surface area contributed by atoms with Crippen LogP contribution in [0.4, 0.5) is 10.5 Å². The first kappa shape index (κ1) is 15.4. The van der Waals surface area contributed by atoms with E-state index in [0.29, 0.717) is 12.1 Å².